The lowest BCUT2D eigenvalue weighted by atomic mass is 9.83. The number of aryl methyl sites for hydroxylation is 2. The molecule has 2 unspecified atom stereocenters. The summed E-state index contributed by atoms with van der Waals surface area (Å²) in [6.07, 6.45) is 2.43. The first-order valence-electron chi connectivity index (χ1n) is 9.69. The molecule has 0 amide bonds. The van der Waals surface area contributed by atoms with E-state index < -0.39 is 11.5 Å². The van der Waals surface area contributed by atoms with Gasteiger partial charge in [0.1, 0.15) is 10.6 Å². The van der Waals surface area contributed by atoms with Crippen LogP contribution in [0.5, 0.6) is 0 Å². The number of aromatic nitrogens is 2. The largest absolute Gasteiger partial charge is 0.336 e. The Hall–Kier alpha value is -2.25. The smallest absolute Gasteiger partial charge is 0.316 e. The summed E-state index contributed by atoms with van der Waals surface area (Å²) in [6, 6.07) is 5.48. The fraction of sp³-hybridized carbons (Fsp3) is 0.429. The molecule has 2 aromatic heterocycles. The minimum absolute atomic E-state index is 0.314. The van der Waals surface area contributed by atoms with E-state index in [0.717, 1.165) is 28.1 Å². The minimum atomic E-state index is -0.398. The van der Waals surface area contributed by atoms with Crippen LogP contribution < -0.4 is 16.6 Å². The average molecular weight is 399 g/mol. The normalized spacial score (nSPS) is 24.2. The molecule has 1 aliphatic carbocycles. The van der Waals surface area contributed by atoms with E-state index in [-0.39, 0.29) is 5.56 Å². The van der Waals surface area contributed by atoms with E-state index in [9.17, 15) is 14.0 Å². The van der Waals surface area contributed by atoms with Crippen LogP contribution in [0.3, 0.4) is 0 Å². The molecule has 0 radical (unpaired) electrons. The van der Waals surface area contributed by atoms with Crippen molar-refractivity contribution in [2.75, 3.05) is 13.1 Å². The molecule has 2 fully saturated rings. The predicted octanol–water partition coefficient (Wildman–Crippen LogP) is 2.91. The zero-order chi connectivity index (χ0) is 19.6. The molecule has 5 nitrogen and oxygen atoms in total. The molecular weight excluding hydrogens is 377 g/mol. The van der Waals surface area contributed by atoms with Gasteiger partial charge in [0.2, 0.25) is 0 Å². The van der Waals surface area contributed by atoms with Gasteiger partial charge in [-0.05, 0) is 74.5 Å². The van der Waals surface area contributed by atoms with Gasteiger partial charge in [-0.1, -0.05) is 0 Å². The summed E-state index contributed by atoms with van der Waals surface area (Å²) in [7, 11) is 1.71. The van der Waals surface area contributed by atoms with Crippen LogP contribution in [0, 0.1) is 24.6 Å². The van der Waals surface area contributed by atoms with E-state index in [4.69, 9.17) is 0 Å². The van der Waals surface area contributed by atoms with Crippen molar-refractivity contribution in [2.24, 2.45) is 18.9 Å². The third-order valence-electron chi connectivity index (χ3n) is 6.49. The molecule has 1 N–H and O–H groups in total. The SMILES string of the molecule is Cc1c(C2C3CCC2CNC3)sc2c1c(=O)n(-c1ccc(F)cc1)c(=O)n2C. The fourth-order valence-electron chi connectivity index (χ4n) is 5.09. The van der Waals surface area contributed by atoms with Gasteiger partial charge in [-0.2, -0.15) is 0 Å². The molecule has 3 aromatic rings. The molecular formula is C21H22FN3O2S. The number of hydrogen-bond acceptors (Lipinski definition) is 4. The van der Waals surface area contributed by atoms with Gasteiger partial charge in [-0.3, -0.25) is 9.36 Å². The summed E-state index contributed by atoms with van der Waals surface area (Å²) in [6.45, 7) is 4.05. The number of hydrogen-bond donors (Lipinski definition) is 1. The highest BCUT2D eigenvalue weighted by molar-refractivity contribution is 7.19. The lowest BCUT2D eigenvalue weighted by Crippen LogP contribution is -2.37. The Morgan fingerprint density at radius 2 is 1.75 bits per heavy atom. The molecule has 146 valence electrons. The van der Waals surface area contributed by atoms with Crippen LogP contribution >= 0.6 is 11.3 Å². The van der Waals surface area contributed by atoms with Crippen molar-refractivity contribution >= 4 is 21.6 Å². The van der Waals surface area contributed by atoms with Crippen molar-refractivity contribution in [3.05, 3.63) is 61.4 Å². The quantitative estimate of drug-likeness (QED) is 0.721. The van der Waals surface area contributed by atoms with E-state index >= 15 is 0 Å². The molecule has 1 saturated heterocycles. The van der Waals surface area contributed by atoms with Crippen LogP contribution in [0.25, 0.3) is 15.9 Å². The van der Waals surface area contributed by atoms with Crippen molar-refractivity contribution in [3.63, 3.8) is 0 Å². The van der Waals surface area contributed by atoms with Crippen LogP contribution in [-0.2, 0) is 7.05 Å². The molecule has 7 heteroatoms. The first-order valence-corrected chi connectivity index (χ1v) is 10.5. The summed E-state index contributed by atoms with van der Waals surface area (Å²) in [5.41, 5.74) is 0.680. The van der Waals surface area contributed by atoms with Gasteiger partial charge in [-0.25, -0.2) is 13.8 Å². The molecule has 3 heterocycles. The van der Waals surface area contributed by atoms with Gasteiger partial charge >= 0.3 is 5.69 Å². The number of fused-ring (bicyclic) bond motifs is 3. The molecule has 2 atom stereocenters. The number of piperidine rings is 1. The Morgan fingerprint density at radius 1 is 1.11 bits per heavy atom. The maximum absolute atomic E-state index is 13.3. The predicted molar refractivity (Wildman–Crippen MR) is 109 cm³/mol. The maximum Gasteiger partial charge on any atom is 0.336 e. The Kier molecular flexibility index (Phi) is 4.07. The number of benzene rings is 1. The molecule has 1 saturated carbocycles. The zero-order valence-electron chi connectivity index (χ0n) is 15.9. The van der Waals surface area contributed by atoms with Crippen molar-refractivity contribution < 1.29 is 4.39 Å². The Balaban J connectivity index is 1.76. The molecule has 2 aliphatic rings. The van der Waals surface area contributed by atoms with Crippen LogP contribution in [0.2, 0.25) is 0 Å². The highest BCUT2D eigenvalue weighted by Gasteiger charge is 2.41. The highest BCUT2D eigenvalue weighted by atomic mass is 32.1. The zero-order valence-corrected chi connectivity index (χ0v) is 16.7. The monoisotopic (exact) mass is 399 g/mol. The van der Waals surface area contributed by atoms with Crippen molar-refractivity contribution in [3.8, 4) is 5.69 Å². The van der Waals surface area contributed by atoms with Crippen molar-refractivity contribution in [1.29, 1.82) is 0 Å². The third-order valence-corrected chi connectivity index (χ3v) is 7.96. The van der Waals surface area contributed by atoms with E-state index in [2.05, 4.69) is 5.32 Å². The summed E-state index contributed by atoms with van der Waals surface area (Å²) >= 11 is 1.60. The van der Waals surface area contributed by atoms with Crippen molar-refractivity contribution in [1.82, 2.24) is 14.5 Å². The van der Waals surface area contributed by atoms with Gasteiger partial charge in [0.05, 0.1) is 11.1 Å². The third kappa shape index (κ3) is 2.46. The number of nitrogens with one attached hydrogen (secondary N) is 1. The van der Waals surface area contributed by atoms with Crippen LogP contribution in [0.15, 0.2) is 33.9 Å². The summed E-state index contributed by atoms with van der Waals surface area (Å²) in [5.74, 6) is 1.27. The number of halogens is 1. The summed E-state index contributed by atoms with van der Waals surface area (Å²) in [4.78, 5) is 28.3. The van der Waals surface area contributed by atoms with Crippen LogP contribution in [-0.4, -0.2) is 22.2 Å². The van der Waals surface area contributed by atoms with Crippen molar-refractivity contribution in [2.45, 2.75) is 25.7 Å². The van der Waals surface area contributed by atoms with Gasteiger partial charge in [0.15, 0.2) is 0 Å². The fourth-order valence-corrected chi connectivity index (χ4v) is 6.63. The lowest BCUT2D eigenvalue weighted by Gasteiger charge is -2.30. The second-order valence-corrected chi connectivity index (χ2v) is 9.04. The Morgan fingerprint density at radius 3 is 2.39 bits per heavy atom. The van der Waals surface area contributed by atoms with Gasteiger partial charge in [0.25, 0.3) is 5.56 Å². The second-order valence-electron chi connectivity index (χ2n) is 8.01. The second kappa shape index (κ2) is 6.39. The minimum Gasteiger partial charge on any atom is -0.316 e. The molecule has 28 heavy (non-hydrogen) atoms. The van der Waals surface area contributed by atoms with Gasteiger partial charge in [0, 0.05) is 17.8 Å². The maximum atomic E-state index is 13.3. The molecule has 1 aromatic carbocycles. The average Bonchev–Trinajstić information content (AvgIpc) is 3.14. The molecule has 2 bridgehead atoms. The summed E-state index contributed by atoms with van der Waals surface area (Å²) < 4.78 is 16.0. The number of nitrogens with zero attached hydrogens (tertiary/aromatic N) is 2. The van der Waals surface area contributed by atoms with E-state index in [0.29, 0.717) is 28.8 Å². The molecule has 5 rings (SSSR count). The lowest BCUT2D eigenvalue weighted by molar-refractivity contribution is 0.326. The van der Waals surface area contributed by atoms with Crippen LogP contribution in [0.1, 0.15) is 29.2 Å². The Bertz CT molecular complexity index is 1180. The first-order chi connectivity index (χ1) is 13.5. The van der Waals surface area contributed by atoms with E-state index in [1.807, 2.05) is 6.92 Å². The Labute approximate surface area is 165 Å². The van der Waals surface area contributed by atoms with E-state index in [1.165, 1.54) is 42.0 Å². The van der Waals surface area contributed by atoms with Gasteiger partial charge in [-0.15, -0.1) is 11.3 Å². The molecule has 0 spiro atoms. The number of rotatable bonds is 2. The number of thiophene rings is 1. The highest BCUT2D eigenvalue weighted by Crippen LogP contribution is 2.49. The van der Waals surface area contributed by atoms with Gasteiger partial charge < -0.3 is 5.32 Å². The van der Waals surface area contributed by atoms with Crippen LogP contribution in [0.4, 0.5) is 4.39 Å². The topological polar surface area (TPSA) is 56.0 Å². The molecule has 1 aliphatic heterocycles. The summed E-state index contributed by atoms with van der Waals surface area (Å²) in [5, 5.41) is 4.13. The first kappa shape index (κ1) is 17.8. The standard InChI is InChI=1S/C21H22FN3O2S/c1-11-16-19(26)25(15-7-5-14(22)6-8-15)21(27)24(2)20(16)28-18(11)17-12-3-4-13(17)10-23-9-12/h5-8,12-13,17,23H,3-4,9-10H2,1-2H3. The van der Waals surface area contributed by atoms with E-state index in [1.54, 1.807) is 23.0 Å².